The molecule has 182 valence electrons. The van der Waals surface area contributed by atoms with Crippen LogP contribution in [0.5, 0.6) is 0 Å². The number of hydrogen-bond acceptors (Lipinski definition) is 11. The van der Waals surface area contributed by atoms with Gasteiger partial charge in [0.05, 0.1) is 19.6 Å². The molecular formula is C22H28O11. The van der Waals surface area contributed by atoms with Gasteiger partial charge in [0.2, 0.25) is 5.79 Å². The molecule has 1 atom stereocenters. The van der Waals surface area contributed by atoms with Crippen molar-refractivity contribution in [3.63, 3.8) is 0 Å². The summed E-state index contributed by atoms with van der Waals surface area (Å²) in [5, 5.41) is 0. The van der Waals surface area contributed by atoms with Crippen LogP contribution in [0.3, 0.4) is 0 Å². The average Bonchev–Trinajstić information content (AvgIpc) is 2.68. The molecule has 0 N–H and O–H groups in total. The SMILES string of the molecule is COC(=O)CCC(C)=CCOC(=O)C(C(=O)COC(C)=O)C(=O)CC1=CC(=O)OC(C)(C)O1. The van der Waals surface area contributed by atoms with Crippen molar-refractivity contribution in [2.75, 3.05) is 20.3 Å². The summed E-state index contributed by atoms with van der Waals surface area (Å²) in [6, 6.07) is 0. The number of carbonyl (C=O) groups excluding carboxylic acids is 6. The fraction of sp³-hybridized carbons (Fsp3) is 0.545. The first-order valence-corrected chi connectivity index (χ1v) is 10.0. The lowest BCUT2D eigenvalue weighted by Crippen LogP contribution is -2.38. The Bertz CT molecular complexity index is 864. The summed E-state index contributed by atoms with van der Waals surface area (Å²) >= 11 is 0. The van der Waals surface area contributed by atoms with Gasteiger partial charge in [-0.2, -0.15) is 0 Å². The molecule has 0 saturated carbocycles. The summed E-state index contributed by atoms with van der Waals surface area (Å²) in [6.45, 7) is 4.62. The summed E-state index contributed by atoms with van der Waals surface area (Å²) in [7, 11) is 1.27. The summed E-state index contributed by atoms with van der Waals surface area (Å²) < 4.78 is 24.5. The van der Waals surface area contributed by atoms with Gasteiger partial charge in [-0.05, 0) is 19.4 Å². The lowest BCUT2D eigenvalue weighted by atomic mass is 9.96. The van der Waals surface area contributed by atoms with Gasteiger partial charge < -0.3 is 23.7 Å². The van der Waals surface area contributed by atoms with Crippen molar-refractivity contribution in [3.8, 4) is 0 Å². The first-order valence-electron chi connectivity index (χ1n) is 10.0. The van der Waals surface area contributed by atoms with Gasteiger partial charge in [-0.15, -0.1) is 0 Å². The molecule has 0 saturated heterocycles. The first kappa shape index (κ1) is 27.5. The molecule has 33 heavy (non-hydrogen) atoms. The molecular weight excluding hydrogens is 440 g/mol. The highest BCUT2D eigenvalue weighted by atomic mass is 16.7. The minimum absolute atomic E-state index is 0.0853. The number of esters is 4. The number of rotatable bonds is 12. The van der Waals surface area contributed by atoms with E-state index >= 15 is 0 Å². The molecule has 1 unspecified atom stereocenters. The third kappa shape index (κ3) is 10.1. The van der Waals surface area contributed by atoms with Crippen LogP contribution in [0.1, 0.15) is 47.0 Å². The Balaban J connectivity index is 2.88. The Morgan fingerprint density at radius 3 is 2.27 bits per heavy atom. The lowest BCUT2D eigenvalue weighted by Gasteiger charge is -2.30. The fourth-order valence-electron chi connectivity index (χ4n) is 2.68. The van der Waals surface area contributed by atoms with E-state index in [4.69, 9.17) is 14.2 Å². The number of methoxy groups -OCH3 is 1. The number of cyclic esters (lactones) is 1. The molecule has 0 fully saturated rings. The largest absolute Gasteiger partial charge is 0.469 e. The van der Waals surface area contributed by atoms with Gasteiger partial charge >= 0.3 is 23.9 Å². The third-order valence-corrected chi connectivity index (χ3v) is 4.26. The molecule has 1 heterocycles. The highest BCUT2D eigenvalue weighted by Crippen LogP contribution is 2.25. The number of ether oxygens (including phenoxy) is 5. The van der Waals surface area contributed by atoms with Crippen molar-refractivity contribution in [1.29, 1.82) is 0 Å². The van der Waals surface area contributed by atoms with Gasteiger partial charge in [0, 0.05) is 27.2 Å². The monoisotopic (exact) mass is 468 g/mol. The molecule has 1 rings (SSSR count). The Kier molecular flexibility index (Phi) is 10.4. The predicted octanol–water partition coefficient (Wildman–Crippen LogP) is 1.33. The van der Waals surface area contributed by atoms with E-state index in [-0.39, 0.29) is 18.8 Å². The molecule has 0 aromatic carbocycles. The van der Waals surface area contributed by atoms with E-state index in [1.165, 1.54) is 27.0 Å². The van der Waals surface area contributed by atoms with Crippen LogP contribution >= 0.6 is 0 Å². The second-order valence-electron chi connectivity index (χ2n) is 7.61. The molecule has 0 aromatic heterocycles. The molecule has 0 amide bonds. The van der Waals surface area contributed by atoms with Crippen molar-refractivity contribution in [2.45, 2.75) is 52.7 Å². The standard InChI is InChI=1S/C22H28O11/c1-13(6-7-18(26)29-5)8-9-30-21(28)20(17(25)12-31-14(2)23)16(24)10-15-11-19(27)33-22(3,4)32-15/h8,11,20H,6-7,9-10,12H2,1-5H3. The number of Topliss-reactive ketones (excluding diaryl/α,β-unsaturated/α-hetero) is 2. The molecule has 1 aliphatic heterocycles. The lowest BCUT2D eigenvalue weighted by molar-refractivity contribution is -0.205. The van der Waals surface area contributed by atoms with Crippen molar-refractivity contribution >= 4 is 35.4 Å². The predicted molar refractivity (Wildman–Crippen MR) is 110 cm³/mol. The second-order valence-corrected chi connectivity index (χ2v) is 7.61. The number of carbonyl (C=O) groups is 6. The van der Waals surface area contributed by atoms with Crippen LogP contribution in [-0.4, -0.2) is 61.6 Å². The zero-order valence-electron chi connectivity index (χ0n) is 19.3. The summed E-state index contributed by atoms with van der Waals surface area (Å²) in [5.74, 6) is -8.24. The highest BCUT2D eigenvalue weighted by molar-refractivity contribution is 6.18. The quantitative estimate of drug-likeness (QED) is 0.177. The van der Waals surface area contributed by atoms with Gasteiger partial charge in [0.15, 0.2) is 24.1 Å². The van der Waals surface area contributed by atoms with Crippen LogP contribution in [-0.2, 0) is 52.5 Å². The summed E-state index contributed by atoms with van der Waals surface area (Å²) in [4.78, 5) is 71.6. The molecule has 0 aromatic rings. The van der Waals surface area contributed by atoms with E-state index in [0.29, 0.717) is 6.42 Å². The fourth-order valence-corrected chi connectivity index (χ4v) is 2.68. The molecule has 0 bridgehead atoms. The first-order chi connectivity index (χ1) is 15.3. The van der Waals surface area contributed by atoms with Crippen molar-refractivity contribution in [1.82, 2.24) is 0 Å². The van der Waals surface area contributed by atoms with Crippen LogP contribution in [0, 0.1) is 5.92 Å². The molecule has 11 heteroatoms. The Hall–Kier alpha value is -3.50. The topological polar surface area (TPSA) is 149 Å². The minimum atomic E-state index is -1.89. The Labute approximate surface area is 191 Å². The van der Waals surface area contributed by atoms with Gasteiger partial charge in [-0.3, -0.25) is 24.0 Å². The summed E-state index contributed by atoms with van der Waals surface area (Å²) in [6.07, 6.45) is 2.41. The molecule has 0 radical (unpaired) electrons. The number of allylic oxidation sites excluding steroid dienone is 2. The third-order valence-electron chi connectivity index (χ3n) is 4.26. The van der Waals surface area contributed by atoms with Crippen LogP contribution in [0.4, 0.5) is 0 Å². The van der Waals surface area contributed by atoms with Crippen LogP contribution in [0.25, 0.3) is 0 Å². The van der Waals surface area contributed by atoms with Crippen molar-refractivity contribution < 1.29 is 52.5 Å². The van der Waals surface area contributed by atoms with Crippen molar-refractivity contribution in [3.05, 3.63) is 23.5 Å². The molecule has 0 spiro atoms. The maximum absolute atomic E-state index is 12.8. The molecule has 11 nitrogen and oxygen atoms in total. The average molecular weight is 468 g/mol. The number of ketones is 2. The van der Waals surface area contributed by atoms with Gasteiger partial charge in [-0.1, -0.05) is 5.57 Å². The highest BCUT2D eigenvalue weighted by Gasteiger charge is 2.38. The van der Waals surface area contributed by atoms with E-state index in [9.17, 15) is 28.8 Å². The molecule has 0 aliphatic carbocycles. The number of hydrogen-bond donors (Lipinski definition) is 0. The zero-order chi connectivity index (χ0) is 25.2. The van der Waals surface area contributed by atoms with E-state index in [1.807, 2.05) is 0 Å². The Morgan fingerprint density at radius 1 is 1.03 bits per heavy atom. The van der Waals surface area contributed by atoms with E-state index in [1.54, 1.807) is 6.92 Å². The minimum Gasteiger partial charge on any atom is -0.469 e. The Morgan fingerprint density at radius 2 is 1.70 bits per heavy atom. The smallest absolute Gasteiger partial charge is 0.337 e. The maximum Gasteiger partial charge on any atom is 0.337 e. The maximum atomic E-state index is 12.8. The van der Waals surface area contributed by atoms with Gasteiger partial charge in [-0.25, -0.2) is 4.79 Å². The van der Waals surface area contributed by atoms with Crippen molar-refractivity contribution in [2.24, 2.45) is 5.92 Å². The van der Waals surface area contributed by atoms with E-state index < -0.39 is 60.2 Å². The zero-order valence-corrected chi connectivity index (χ0v) is 19.3. The van der Waals surface area contributed by atoms with Gasteiger partial charge in [0.1, 0.15) is 12.4 Å². The van der Waals surface area contributed by atoms with E-state index in [0.717, 1.165) is 18.6 Å². The van der Waals surface area contributed by atoms with Crippen LogP contribution in [0.2, 0.25) is 0 Å². The normalized spacial score (nSPS) is 15.8. The van der Waals surface area contributed by atoms with Gasteiger partial charge in [0.25, 0.3) is 0 Å². The molecule has 1 aliphatic rings. The van der Waals surface area contributed by atoms with Crippen LogP contribution < -0.4 is 0 Å². The van der Waals surface area contributed by atoms with Crippen LogP contribution in [0.15, 0.2) is 23.5 Å². The van der Waals surface area contributed by atoms with E-state index in [2.05, 4.69) is 9.47 Å². The summed E-state index contributed by atoms with van der Waals surface area (Å²) in [5.41, 5.74) is 0.726. The second kappa shape index (κ2) is 12.5.